The van der Waals surface area contributed by atoms with E-state index in [0.717, 1.165) is 22.2 Å². The molecule has 12 N–H and O–H groups in total. The predicted molar refractivity (Wildman–Crippen MR) is 426 cm³/mol. The van der Waals surface area contributed by atoms with Gasteiger partial charge in [0.15, 0.2) is 4.30 Å². The number of halogens is 17. The Labute approximate surface area is 663 Å². The molecule has 0 spiro atoms. The molecule has 0 unspecified atom stereocenters. The monoisotopic (exact) mass is 1740 g/mol. The summed E-state index contributed by atoms with van der Waals surface area (Å²) < 4.78 is 191. The van der Waals surface area contributed by atoms with Crippen molar-refractivity contribution in [2.45, 2.75) is 195 Å². The molecule has 0 bridgehead atoms. The van der Waals surface area contributed by atoms with Crippen LogP contribution in [0.5, 0.6) is 34.5 Å². The fourth-order valence-electron chi connectivity index (χ4n) is 8.42. The topological polar surface area (TPSA) is 248 Å². The number of anilines is 6. The van der Waals surface area contributed by atoms with Gasteiger partial charge in [0.05, 0.1) is 22.4 Å². The summed E-state index contributed by atoms with van der Waals surface area (Å²) in [5, 5.41) is 0. The molecule has 0 amide bonds. The van der Waals surface area contributed by atoms with Gasteiger partial charge in [-0.1, -0.05) is 107 Å². The Bertz CT molecular complexity index is 3750. The van der Waals surface area contributed by atoms with Crippen molar-refractivity contribution >= 4 is 127 Å². The third-order valence-electron chi connectivity index (χ3n) is 15.3. The molecule has 16 nitrogen and oxygen atoms in total. The van der Waals surface area contributed by atoms with E-state index < -0.39 is 44.0 Å². The zero-order valence-corrected chi connectivity index (χ0v) is 68.6. The fraction of sp³-hybridized carbons (Fsp3) is 0.405. The highest BCUT2D eigenvalue weighted by Gasteiger charge is 2.51. The van der Waals surface area contributed by atoms with Crippen LogP contribution in [-0.4, -0.2) is 80.6 Å². The van der Waals surface area contributed by atoms with E-state index in [4.69, 9.17) is 87.8 Å². The molecule has 0 aliphatic carbocycles. The standard InChI is InChI=1S/C12H15F2NO.C10H12BrF2NO.C10H13F2NO.C10H11F2NO.C9H17BO2.C8H15BO2.C7H6BrF2NO.C7H7F2NO.CHCl3/c1-4-8-5-9(16-12(13)14)6-10(7(2)3)11(8)15;1-5(2)7-3-6(15-10(12)13)4-8(11)9(7)14;2*1-6(2)8-5-7(14-10(11)12)3-4-9(8)13;1-7(2)10-11-8(3,4)9(5,6)12-10;1-6-9-10-7(2,3)8(4,5)11-9;8-5-3-4(12-7(9)10)1-2-6(5)11;8-7(9)11-6-3-1-5(10)2-4-6;2-1(3)4/h4-7,12H,1,15H2,2-3H3;3-5,10H,14H2,1-2H3;3-6,10H,13H2,1-2H3;3-5,10H,1,13H2,2H3;1H2,2-6H3;6H,1H2,2-5H3;1-3,7H,11H2;1-4,7H,10H2;1H. The average molecular weight is 1750 g/mol. The van der Waals surface area contributed by atoms with Gasteiger partial charge >= 0.3 is 53.9 Å². The van der Waals surface area contributed by atoms with E-state index in [9.17, 15) is 52.7 Å². The summed E-state index contributed by atoms with van der Waals surface area (Å²) >= 11 is 20.7. The summed E-state index contributed by atoms with van der Waals surface area (Å²) in [6.45, 7) is 29.4. The number of allylic oxidation sites excluding steroid dienone is 2. The molecule has 6 aromatic carbocycles. The smallest absolute Gasteiger partial charge is 0.435 e. The van der Waals surface area contributed by atoms with Crippen LogP contribution in [0.3, 0.4) is 0 Å². The van der Waals surface area contributed by atoms with Gasteiger partial charge in [0, 0.05) is 54.2 Å². The first-order valence-corrected chi connectivity index (χ1v) is 35.5. The molecule has 0 aromatic heterocycles. The quantitative estimate of drug-likeness (QED) is 0.0191. The maximum Gasteiger partial charge on any atom is 0.489 e. The molecule has 35 heteroatoms. The summed E-state index contributed by atoms with van der Waals surface area (Å²) in [6.07, 6.45) is 1.53. The minimum atomic E-state index is -2.83. The Morgan fingerprint density at radius 3 is 1.07 bits per heavy atom. The first-order valence-electron chi connectivity index (χ1n) is 32.6. The number of hydrogen-bond donors (Lipinski definition) is 6. The molecule has 8 rings (SSSR count). The number of hydrogen-bond acceptors (Lipinski definition) is 16. The number of nitrogen functional groups attached to an aromatic ring is 6. The van der Waals surface area contributed by atoms with E-state index in [1.165, 1.54) is 91.0 Å². The number of ether oxygens (including phenoxy) is 6. The summed E-state index contributed by atoms with van der Waals surface area (Å²) in [4.78, 5) is 0. The van der Waals surface area contributed by atoms with E-state index in [1.54, 1.807) is 31.1 Å². The SMILES string of the molecule is C=C(C)B1OC(C)(C)C(C)(C)O1.C=C(C)c1cc(OC(F)F)ccc1N.C=CB1OC(C)(C)C(C)(C)O1.C=Cc1cc(OC(F)F)cc(C(C)C)c1N.CC(C)c1cc(OC(F)F)cc(Br)c1N.CC(C)c1cc(OC(F)F)ccc1N.ClC(Cl)Cl.Nc1ccc(OC(F)F)cc1.Nc1ccc(OC(F)F)cc1Br. The fourth-order valence-corrected chi connectivity index (χ4v) is 9.23. The number of alkyl halides is 15. The summed E-state index contributed by atoms with van der Waals surface area (Å²) in [5.41, 5.74) is 41.3. The van der Waals surface area contributed by atoms with Gasteiger partial charge in [-0.3, -0.25) is 0 Å². The van der Waals surface area contributed by atoms with Crippen molar-refractivity contribution in [3.05, 3.63) is 178 Å². The molecular formula is C74H97B2Br2Cl3F12N6O10. The number of rotatable bonds is 19. The van der Waals surface area contributed by atoms with Crippen molar-refractivity contribution in [2.75, 3.05) is 34.4 Å². The second-order valence-corrected chi connectivity index (χ2v) is 29.7. The Kier molecular flexibility index (Phi) is 44.8. The van der Waals surface area contributed by atoms with Crippen LogP contribution in [0.15, 0.2) is 150 Å². The molecule has 0 saturated carbocycles. The van der Waals surface area contributed by atoms with Crippen LogP contribution in [-0.2, 0) is 18.6 Å². The van der Waals surface area contributed by atoms with E-state index >= 15 is 0 Å². The number of benzene rings is 6. The molecule has 2 aliphatic rings. The maximum atomic E-state index is 12.1. The second-order valence-electron chi connectivity index (χ2n) is 26.0. The van der Waals surface area contributed by atoms with E-state index in [2.05, 4.69) is 86.6 Å². The van der Waals surface area contributed by atoms with Crippen molar-refractivity contribution in [1.82, 2.24) is 0 Å². The van der Waals surface area contributed by atoms with Crippen LogP contribution < -0.4 is 62.8 Å². The van der Waals surface area contributed by atoms with Crippen molar-refractivity contribution in [2.24, 2.45) is 0 Å². The third kappa shape index (κ3) is 38.6. The lowest BCUT2D eigenvalue weighted by Gasteiger charge is -2.32. The second kappa shape index (κ2) is 47.9. The highest BCUT2D eigenvalue weighted by atomic mass is 79.9. The highest BCUT2D eigenvalue weighted by Crippen LogP contribution is 2.40. The van der Waals surface area contributed by atoms with Gasteiger partial charge in [0.1, 0.15) is 34.5 Å². The van der Waals surface area contributed by atoms with Crippen molar-refractivity contribution in [1.29, 1.82) is 0 Å². The molecule has 2 heterocycles. The maximum absolute atomic E-state index is 12.1. The molecule has 6 aromatic rings. The molecule has 0 atom stereocenters. The van der Waals surface area contributed by atoms with Crippen molar-refractivity contribution < 1.29 is 99.7 Å². The van der Waals surface area contributed by atoms with Gasteiger partial charge in [-0.05, 0) is 244 Å². The van der Waals surface area contributed by atoms with Gasteiger partial charge in [0.25, 0.3) is 0 Å². The summed E-state index contributed by atoms with van der Waals surface area (Å²) in [5.74, 6) is 2.85. The first-order chi connectivity index (χ1) is 50.0. The Morgan fingerprint density at radius 2 is 0.734 bits per heavy atom. The van der Waals surface area contributed by atoms with Crippen molar-refractivity contribution in [3.8, 4) is 34.5 Å². The zero-order chi connectivity index (χ0) is 84.6. The van der Waals surface area contributed by atoms with Crippen LogP contribution in [0.1, 0.15) is 156 Å². The normalized spacial score (nSPS) is 13.9. The van der Waals surface area contributed by atoms with Gasteiger partial charge in [-0.15, -0.1) is 13.2 Å². The minimum absolute atomic E-state index is 0.0890. The molecule has 608 valence electrons. The Hall–Kier alpha value is -7.16. The lowest BCUT2D eigenvalue weighted by Crippen LogP contribution is -2.41. The van der Waals surface area contributed by atoms with Gasteiger partial charge in [-0.25, -0.2) is 0 Å². The predicted octanol–water partition coefficient (Wildman–Crippen LogP) is 23.8. The Balaban J connectivity index is 0.00000122. The highest BCUT2D eigenvalue weighted by molar-refractivity contribution is 9.11. The summed E-state index contributed by atoms with van der Waals surface area (Å²) in [7, 11) is -0.491. The molecule has 2 fully saturated rings. The van der Waals surface area contributed by atoms with Crippen molar-refractivity contribution in [3.63, 3.8) is 0 Å². The lowest BCUT2D eigenvalue weighted by atomic mass is 9.81. The van der Waals surface area contributed by atoms with Crippen LogP contribution >= 0.6 is 66.7 Å². The third-order valence-corrected chi connectivity index (χ3v) is 16.6. The van der Waals surface area contributed by atoms with E-state index in [1.807, 2.05) is 104 Å². The molecule has 2 aliphatic heterocycles. The van der Waals surface area contributed by atoms with Crippen LogP contribution in [0.25, 0.3) is 11.6 Å². The van der Waals surface area contributed by atoms with Gasteiger partial charge in [0.2, 0.25) is 0 Å². The van der Waals surface area contributed by atoms with E-state index in [-0.39, 0.29) is 88.9 Å². The first kappa shape index (κ1) is 102. The minimum Gasteiger partial charge on any atom is -0.435 e. The summed E-state index contributed by atoms with van der Waals surface area (Å²) in [6, 6.07) is 24.9. The molecular weight excluding hydrogens is 1650 g/mol. The van der Waals surface area contributed by atoms with Crippen LogP contribution in [0.4, 0.5) is 86.8 Å². The number of nitrogens with two attached hydrogens (primary N) is 6. The van der Waals surface area contributed by atoms with Gasteiger partial charge in [-0.2, -0.15) is 52.7 Å². The lowest BCUT2D eigenvalue weighted by molar-refractivity contribution is -0.0506. The largest absolute Gasteiger partial charge is 0.489 e. The van der Waals surface area contributed by atoms with Crippen LogP contribution in [0, 0.1) is 0 Å². The Morgan fingerprint density at radius 1 is 0.422 bits per heavy atom. The molecule has 0 radical (unpaired) electrons. The van der Waals surface area contributed by atoms with E-state index in [0.29, 0.717) is 59.8 Å². The zero-order valence-electron chi connectivity index (χ0n) is 63.2. The average Bonchev–Trinajstić information content (AvgIpc) is 1.65. The van der Waals surface area contributed by atoms with Crippen LogP contribution in [0.2, 0.25) is 0 Å². The molecule has 109 heavy (non-hydrogen) atoms. The van der Waals surface area contributed by atoms with Gasteiger partial charge < -0.3 is 81.4 Å². The molecule has 2 saturated heterocycles.